The third kappa shape index (κ3) is 2.63. The molecular formula is C13H25N3O. The third-order valence-electron chi connectivity index (χ3n) is 4.17. The van der Waals surface area contributed by atoms with Gasteiger partial charge in [0.1, 0.15) is 0 Å². The summed E-state index contributed by atoms with van der Waals surface area (Å²) in [6.07, 6.45) is 2.10. The lowest BCUT2D eigenvalue weighted by Gasteiger charge is -2.40. The van der Waals surface area contributed by atoms with Crippen molar-refractivity contribution in [2.24, 2.45) is 0 Å². The first-order valence-electron chi connectivity index (χ1n) is 6.81. The van der Waals surface area contributed by atoms with Crippen LogP contribution in [0.1, 0.15) is 33.6 Å². The molecule has 4 heteroatoms. The Morgan fingerprint density at radius 1 is 1.24 bits per heavy atom. The quantitative estimate of drug-likeness (QED) is 0.770. The molecule has 1 N–H and O–H groups in total. The van der Waals surface area contributed by atoms with Crippen molar-refractivity contribution in [1.29, 1.82) is 0 Å². The van der Waals surface area contributed by atoms with E-state index in [4.69, 9.17) is 0 Å². The number of piperazine rings is 1. The van der Waals surface area contributed by atoms with Gasteiger partial charge in [-0.15, -0.1) is 0 Å². The average Bonchev–Trinajstić information content (AvgIpc) is 2.76. The highest BCUT2D eigenvalue weighted by Gasteiger charge is 2.39. The summed E-state index contributed by atoms with van der Waals surface area (Å²) >= 11 is 0. The maximum absolute atomic E-state index is 12.4. The van der Waals surface area contributed by atoms with Crippen LogP contribution in [0, 0.1) is 0 Å². The summed E-state index contributed by atoms with van der Waals surface area (Å²) in [4.78, 5) is 16.9. The Labute approximate surface area is 104 Å². The van der Waals surface area contributed by atoms with Gasteiger partial charge in [-0.05, 0) is 40.2 Å². The van der Waals surface area contributed by atoms with Gasteiger partial charge in [0.15, 0.2) is 0 Å². The predicted molar refractivity (Wildman–Crippen MR) is 68.9 cm³/mol. The first-order valence-corrected chi connectivity index (χ1v) is 6.81. The molecule has 0 aromatic rings. The fourth-order valence-corrected chi connectivity index (χ4v) is 2.87. The van der Waals surface area contributed by atoms with Crippen molar-refractivity contribution in [3.63, 3.8) is 0 Å². The Kier molecular flexibility index (Phi) is 3.73. The zero-order valence-corrected chi connectivity index (χ0v) is 11.3. The SMILES string of the molecule is CC(C)N1CCN(C(=O)C2(C)CCCN2)CC1. The lowest BCUT2D eigenvalue weighted by atomic mass is 9.98. The summed E-state index contributed by atoms with van der Waals surface area (Å²) in [7, 11) is 0. The molecular weight excluding hydrogens is 214 g/mol. The maximum atomic E-state index is 12.4. The van der Waals surface area contributed by atoms with E-state index in [2.05, 4.69) is 31.0 Å². The number of rotatable bonds is 2. The molecule has 17 heavy (non-hydrogen) atoms. The van der Waals surface area contributed by atoms with Crippen molar-refractivity contribution in [3.8, 4) is 0 Å². The number of carbonyl (C=O) groups is 1. The number of nitrogens with zero attached hydrogens (tertiary/aromatic N) is 2. The van der Waals surface area contributed by atoms with Crippen LogP contribution in [0.2, 0.25) is 0 Å². The van der Waals surface area contributed by atoms with E-state index in [9.17, 15) is 4.79 Å². The van der Waals surface area contributed by atoms with Gasteiger partial charge in [-0.3, -0.25) is 9.69 Å². The highest BCUT2D eigenvalue weighted by atomic mass is 16.2. The molecule has 2 heterocycles. The second kappa shape index (κ2) is 4.94. The Morgan fingerprint density at radius 3 is 2.35 bits per heavy atom. The Hall–Kier alpha value is -0.610. The zero-order valence-electron chi connectivity index (χ0n) is 11.3. The molecule has 0 aromatic heterocycles. The molecule has 0 spiro atoms. The van der Waals surface area contributed by atoms with E-state index in [0.717, 1.165) is 45.6 Å². The minimum atomic E-state index is -0.292. The first-order chi connectivity index (χ1) is 8.03. The molecule has 2 aliphatic rings. The van der Waals surface area contributed by atoms with E-state index in [1.165, 1.54) is 0 Å². The minimum absolute atomic E-state index is 0.292. The number of amides is 1. The molecule has 2 saturated heterocycles. The number of nitrogens with one attached hydrogen (secondary N) is 1. The predicted octanol–water partition coefficient (Wildman–Crippen LogP) is 0.681. The van der Waals surface area contributed by atoms with Crippen molar-refractivity contribution < 1.29 is 4.79 Å². The maximum Gasteiger partial charge on any atom is 0.242 e. The van der Waals surface area contributed by atoms with Gasteiger partial charge >= 0.3 is 0 Å². The Bertz CT molecular complexity index is 276. The molecule has 2 fully saturated rings. The normalized spacial score (nSPS) is 31.2. The van der Waals surface area contributed by atoms with Gasteiger partial charge in [-0.25, -0.2) is 0 Å². The molecule has 1 atom stereocenters. The van der Waals surface area contributed by atoms with Crippen LogP contribution in [-0.2, 0) is 4.79 Å². The molecule has 1 amide bonds. The van der Waals surface area contributed by atoms with Crippen LogP contribution in [0.15, 0.2) is 0 Å². The minimum Gasteiger partial charge on any atom is -0.339 e. The lowest BCUT2D eigenvalue weighted by molar-refractivity contribution is -0.139. The largest absolute Gasteiger partial charge is 0.339 e. The topological polar surface area (TPSA) is 35.6 Å². The van der Waals surface area contributed by atoms with Gasteiger partial charge in [-0.1, -0.05) is 0 Å². The molecule has 0 bridgehead atoms. The molecule has 2 aliphatic heterocycles. The van der Waals surface area contributed by atoms with Gasteiger partial charge in [0.25, 0.3) is 0 Å². The lowest BCUT2D eigenvalue weighted by Crippen LogP contribution is -2.58. The number of carbonyl (C=O) groups excluding carboxylic acids is 1. The van der Waals surface area contributed by atoms with Gasteiger partial charge in [-0.2, -0.15) is 0 Å². The van der Waals surface area contributed by atoms with Crippen LogP contribution in [0.5, 0.6) is 0 Å². The summed E-state index contributed by atoms with van der Waals surface area (Å²) in [6.45, 7) is 11.3. The Morgan fingerprint density at radius 2 is 1.88 bits per heavy atom. The van der Waals surface area contributed by atoms with Crippen molar-refractivity contribution in [2.45, 2.75) is 45.2 Å². The average molecular weight is 239 g/mol. The van der Waals surface area contributed by atoms with Gasteiger partial charge in [0, 0.05) is 32.2 Å². The van der Waals surface area contributed by atoms with Crippen LogP contribution in [-0.4, -0.2) is 60.0 Å². The second-order valence-corrected chi connectivity index (χ2v) is 5.78. The van der Waals surface area contributed by atoms with Crippen LogP contribution in [0.25, 0.3) is 0 Å². The van der Waals surface area contributed by atoms with Crippen LogP contribution in [0.3, 0.4) is 0 Å². The van der Waals surface area contributed by atoms with E-state index in [0.29, 0.717) is 11.9 Å². The van der Waals surface area contributed by atoms with E-state index >= 15 is 0 Å². The summed E-state index contributed by atoms with van der Waals surface area (Å²) in [5.74, 6) is 0.304. The van der Waals surface area contributed by atoms with Crippen molar-refractivity contribution in [1.82, 2.24) is 15.1 Å². The van der Waals surface area contributed by atoms with E-state index < -0.39 is 0 Å². The van der Waals surface area contributed by atoms with Crippen LogP contribution in [0.4, 0.5) is 0 Å². The molecule has 0 aliphatic carbocycles. The molecule has 4 nitrogen and oxygen atoms in total. The van der Waals surface area contributed by atoms with E-state index in [1.54, 1.807) is 0 Å². The first kappa shape index (κ1) is 12.8. The monoisotopic (exact) mass is 239 g/mol. The van der Waals surface area contributed by atoms with Gasteiger partial charge < -0.3 is 10.2 Å². The number of hydrogen-bond donors (Lipinski definition) is 1. The highest BCUT2D eigenvalue weighted by molar-refractivity contribution is 5.86. The Balaban J connectivity index is 1.90. The van der Waals surface area contributed by atoms with Crippen molar-refractivity contribution >= 4 is 5.91 Å². The van der Waals surface area contributed by atoms with Gasteiger partial charge in [0.2, 0.25) is 5.91 Å². The molecule has 2 rings (SSSR count). The summed E-state index contributed by atoms with van der Waals surface area (Å²) in [5.41, 5.74) is -0.292. The summed E-state index contributed by atoms with van der Waals surface area (Å²) in [6, 6.07) is 0.590. The molecule has 98 valence electrons. The summed E-state index contributed by atoms with van der Waals surface area (Å²) < 4.78 is 0. The van der Waals surface area contributed by atoms with E-state index in [-0.39, 0.29) is 5.54 Å². The van der Waals surface area contributed by atoms with Gasteiger partial charge in [0.05, 0.1) is 5.54 Å². The zero-order chi connectivity index (χ0) is 12.5. The molecule has 0 aromatic carbocycles. The summed E-state index contributed by atoms with van der Waals surface area (Å²) in [5, 5.41) is 3.36. The van der Waals surface area contributed by atoms with Crippen molar-refractivity contribution in [3.05, 3.63) is 0 Å². The fourth-order valence-electron chi connectivity index (χ4n) is 2.87. The van der Waals surface area contributed by atoms with Crippen LogP contribution >= 0.6 is 0 Å². The standard InChI is InChI=1S/C13H25N3O/c1-11(2)15-7-9-16(10-8-15)12(17)13(3)5-4-6-14-13/h11,14H,4-10H2,1-3H3. The van der Waals surface area contributed by atoms with Crippen molar-refractivity contribution in [2.75, 3.05) is 32.7 Å². The molecule has 0 radical (unpaired) electrons. The molecule has 0 saturated carbocycles. The smallest absolute Gasteiger partial charge is 0.242 e. The fraction of sp³-hybridized carbons (Fsp3) is 0.923. The third-order valence-corrected chi connectivity index (χ3v) is 4.17. The molecule has 1 unspecified atom stereocenters. The second-order valence-electron chi connectivity index (χ2n) is 5.78. The van der Waals surface area contributed by atoms with Crippen LogP contribution < -0.4 is 5.32 Å². The number of hydrogen-bond acceptors (Lipinski definition) is 3. The van der Waals surface area contributed by atoms with E-state index in [1.807, 2.05) is 4.90 Å². The highest BCUT2D eigenvalue weighted by Crippen LogP contribution is 2.22.